The summed E-state index contributed by atoms with van der Waals surface area (Å²) >= 11 is 0. The van der Waals surface area contributed by atoms with Gasteiger partial charge in [0.1, 0.15) is 0 Å². The van der Waals surface area contributed by atoms with Gasteiger partial charge in [0.05, 0.1) is 17.8 Å². The molecule has 1 aromatic heterocycles. The molecule has 0 aliphatic carbocycles. The molecule has 1 aromatic rings. The Morgan fingerprint density at radius 1 is 1.39 bits per heavy atom. The quantitative estimate of drug-likeness (QED) is 0.871. The molecule has 5 nitrogen and oxygen atoms in total. The molecular formula is C13H19N3O2. The first-order chi connectivity index (χ1) is 8.65. The first-order valence-corrected chi connectivity index (χ1v) is 6.36. The summed E-state index contributed by atoms with van der Waals surface area (Å²) in [4.78, 5) is 21.5. The number of likely N-dealkylation sites (tertiary alicyclic amines) is 1. The van der Waals surface area contributed by atoms with E-state index in [0.717, 1.165) is 37.3 Å². The van der Waals surface area contributed by atoms with Crippen molar-refractivity contribution in [3.05, 3.63) is 23.8 Å². The number of nitrogens with zero attached hydrogens (tertiary/aromatic N) is 3. The van der Waals surface area contributed by atoms with Crippen molar-refractivity contribution in [3.63, 3.8) is 0 Å². The molecule has 0 unspecified atom stereocenters. The molecule has 0 bridgehead atoms. The number of aliphatic carboxylic acids is 1. The van der Waals surface area contributed by atoms with Gasteiger partial charge in [-0.25, -0.2) is 0 Å². The maximum Gasteiger partial charge on any atom is 0.303 e. The highest BCUT2D eigenvalue weighted by Gasteiger charge is 2.19. The van der Waals surface area contributed by atoms with Gasteiger partial charge in [0, 0.05) is 24.7 Å². The number of rotatable bonds is 4. The van der Waals surface area contributed by atoms with E-state index in [9.17, 15) is 4.79 Å². The van der Waals surface area contributed by atoms with Crippen LogP contribution in [0.5, 0.6) is 0 Å². The van der Waals surface area contributed by atoms with Gasteiger partial charge in [-0.3, -0.25) is 14.8 Å². The highest BCUT2D eigenvalue weighted by Crippen LogP contribution is 2.25. The lowest BCUT2D eigenvalue weighted by atomic mass is 9.94. The number of aromatic nitrogens is 2. The molecule has 98 valence electrons. The average Bonchev–Trinajstić information content (AvgIpc) is 2.38. The molecule has 0 atom stereocenters. The highest BCUT2D eigenvalue weighted by atomic mass is 16.4. The Morgan fingerprint density at radius 2 is 2.11 bits per heavy atom. The summed E-state index contributed by atoms with van der Waals surface area (Å²) in [6, 6.07) is 0. The minimum Gasteiger partial charge on any atom is -0.481 e. The van der Waals surface area contributed by atoms with Crippen LogP contribution in [-0.2, 0) is 11.2 Å². The normalized spacial score (nSPS) is 17.8. The minimum atomic E-state index is -0.795. The van der Waals surface area contributed by atoms with Crippen LogP contribution in [-0.4, -0.2) is 46.1 Å². The van der Waals surface area contributed by atoms with E-state index in [-0.39, 0.29) is 6.42 Å². The Balaban J connectivity index is 1.93. The van der Waals surface area contributed by atoms with E-state index in [2.05, 4.69) is 21.9 Å². The van der Waals surface area contributed by atoms with Crippen LogP contribution in [0.2, 0.25) is 0 Å². The van der Waals surface area contributed by atoms with Crippen molar-refractivity contribution in [2.75, 3.05) is 20.1 Å². The van der Waals surface area contributed by atoms with Gasteiger partial charge in [-0.1, -0.05) is 0 Å². The second-order valence-corrected chi connectivity index (χ2v) is 4.90. The minimum absolute atomic E-state index is 0.113. The third kappa shape index (κ3) is 3.50. The molecule has 18 heavy (non-hydrogen) atoms. The summed E-state index contributed by atoms with van der Waals surface area (Å²) in [5.74, 6) is -0.293. The molecule has 1 N–H and O–H groups in total. The predicted octanol–water partition coefficient (Wildman–Crippen LogP) is 1.30. The molecule has 1 saturated heterocycles. The summed E-state index contributed by atoms with van der Waals surface area (Å²) in [7, 11) is 2.14. The topological polar surface area (TPSA) is 66.3 Å². The monoisotopic (exact) mass is 249 g/mol. The average molecular weight is 249 g/mol. The molecule has 0 saturated carbocycles. The van der Waals surface area contributed by atoms with Gasteiger partial charge in [0.25, 0.3) is 0 Å². The fraction of sp³-hybridized carbons (Fsp3) is 0.615. The van der Waals surface area contributed by atoms with Crippen molar-refractivity contribution in [1.82, 2.24) is 14.9 Å². The lowest BCUT2D eigenvalue weighted by Crippen LogP contribution is -2.29. The Hall–Kier alpha value is -1.49. The first-order valence-electron chi connectivity index (χ1n) is 6.36. The zero-order valence-corrected chi connectivity index (χ0v) is 10.7. The summed E-state index contributed by atoms with van der Waals surface area (Å²) in [6.07, 6.45) is 6.35. The van der Waals surface area contributed by atoms with Gasteiger partial charge in [0.15, 0.2) is 0 Å². The zero-order valence-electron chi connectivity index (χ0n) is 10.7. The Morgan fingerprint density at radius 3 is 2.67 bits per heavy atom. The fourth-order valence-corrected chi connectivity index (χ4v) is 2.24. The van der Waals surface area contributed by atoms with Gasteiger partial charge in [-0.15, -0.1) is 0 Å². The SMILES string of the molecule is CN1CCC(c2cnc(CCC(=O)O)cn2)CC1. The predicted molar refractivity (Wildman–Crippen MR) is 67.5 cm³/mol. The van der Waals surface area contributed by atoms with Crippen LogP contribution in [0.15, 0.2) is 12.4 Å². The molecule has 0 amide bonds. The molecule has 2 heterocycles. The summed E-state index contributed by atoms with van der Waals surface area (Å²) in [5.41, 5.74) is 1.80. The van der Waals surface area contributed by atoms with Crippen molar-refractivity contribution >= 4 is 5.97 Å². The Labute approximate surface area is 107 Å². The van der Waals surface area contributed by atoms with Crippen molar-refractivity contribution in [2.45, 2.75) is 31.6 Å². The van der Waals surface area contributed by atoms with Crippen molar-refractivity contribution in [3.8, 4) is 0 Å². The van der Waals surface area contributed by atoms with Gasteiger partial charge in [-0.05, 0) is 33.0 Å². The second kappa shape index (κ2) is 5.91. The number of hydrogen-bond donors (Lipinski definition) is 1. The van der Waals surface area contributed by atoms with Crippen LogP contribution in [0.4, 0.5) is 0 Å². The van der Waals surface area contributed by atoms with Crippen LogP contribution in [0.3, 0.4) is 0 Å². The van der Waals surface area contributed by atoms with E-state index in [4.69, 9.17) is 5.11 Å². The smallest absolute Gasteiger partial charge is 0.303 e. The van der Waals surface area contributed by atoms with Crippen LogP contribution in [0.25, 0.3) is 0 Å². The molecule has 0 aromatic carbocycles. The largest absolute Gasteiger partial charge is 0.481 e. The third-order valence-electron chi connectivity index (χ3n) is 3.46. The first kappa shape index (κ1) is 13.0. The van der Waals surface area contributed by atoms with Gasteiger partial charge < -0.3 is 10.0 Å². The van der Waals surface area contributed by atoms with Crippen LogP contribution in [0.1, 0.15) is 36.6 Å². The van der Waals surface area contributed by atoms with Crippen LogP contribution in [0, 0.1) is 0 Å². The zero-order chi connectivity index (χ0) is 13.0. The van der Waals surface area contributed by atoms with E-state index < -0.39 is 5.97 Å². The Kier molecular flexibility index (Phi) is 4.25. The molecule has 1 aliphatic heterocycles. The maximum atomic E-state index is 10.5. The fourth-order valence-electron chi connectivity index (χ4n) is 2.24. The summed E-state index contributed by atoms with van der Waals surface area (Å²) in [5, 5.41) is 8.61. The standard InChI is InChI=1S/C13H19N3O2/c1-16-6-4-10(5-7-16)12-9-14-11(8-15-12)2-3-13(17)18/h8-10H,2-7H2,1H3,(H,17,18). The molecule has 0 spiro atoms. The molecule has 0 radical (unpaired) electrons. The molecule has 1 aliphatic rings. The van der Waals surface area contributed by atoms with Gasteiger partial charge >= 0.3 is 5.97 Å². The van der Waals surface area contributed by atoms with Crippen molar-refractivity contribution in [2.24, 2.45) is 0 Å². The van der Waals surface area contributed by atoms with Crippen LogP contribution < -0.4 is 0 Å². The second-order valence-electron chi connectivity index (χ2n) is 4.90. The van der Waals surface area contributed by atoms with Gasteiger partial charge in [-0.2, -0.15) is 0 Å². The summed E-state index contributed by atoms with van der Waals surface area (Å²) in [6.45, 7) is 2.21. The lowest BCUT2D eigenvalue weighted by Gasteiger charge is -2.28. The van der Waals surface area contributed by atoms with Gasteiger partial charge in [0.2, 0.25) is 0 Å². The van der Waals surface area contributed by atoms with E-state index in [0.29, 0.717) is 12.3 Å². The molecule has 5 heteroatoms. The number of hydrogen-bond acceptors (Lipinski definition) is 4. The van der Waals surface area contributed by atoms with E-state index in [1.807, 2.05) is 6.20 Å². The number of aryl methyl sites for hydroxylation is 1. The highest BCUT2D eigenvalue weighted by molar-refractivity contribution is 5.66. The van der Waals surface area contributed by atoms with E-state index >= 15 is 0 Å². The lowest BCUT2D eigenvalue weighted by molar-refractivity contribution is -0.136. The number of carbonyl (C=O) groups is 1. The van der Waals surface area contributed by atoms with E-state index in [1.165, 1.54) is 0 Å². The van der Waals surface area contributed by atoms with Crippen molar-refractivity contribution in [1.29, 1.82) is 0 Å². The molecular weight excluding hydrogens is 230 g/mol. The number of carboxylic acid groups (broad SMARTS) is 1. The number of carboxylic acids is 1. The van der Waals surface area contributed by atoms with E-state index in [1.54, 1.807) is 6.20 Å². The summed E-state index contributed by atoms with van der Waals surface area (Å²) < 4.78 is 0. The third-order valence-corrected chi connectivity index (χ3v) is 3.46. The van der Waals surface area contributed by atoms with Crippen LogP contribution >= 0.6 is 0 Å². The maximum absolute atomic E-state index is 10.5. The molecule has 1 fully saturated rings. The number of piperidine rings is 1. The van der Waals surface area contributed by atoms with Crippen molar-refractivity contribution < 1.29 is 9.90 Å². The molecule has 2 rings (SSSR count). The Bertz CT molecular complexity index is 397.